The van der Waals surface area contributed by atoms with Crippen molar-refractivity contribution in [2.75, 3.05) is 27.5 Å². The van der Waals surface area contributed by atoms with E-state index < -0.39 is 43.2 Å². The number of hydrogen-bond acceptors (Lipinski definition) is 9. The molecule has 1 aliphatic heterocycles. The minimum absolute atomic E-state index is 0.0322. The number of benzene rings is 1. The zero-order valence-corrected chi connectivity index (χ0v) is 24.0. The fourth-order valence-electron chi connectivity index (χ4n) is 4.20. The van der Waals surface area contributed by atoms with Crippen LogP contribution >= 0.6 is 19.9 Å². The average Bonchev–Trinajstić information content (AvgIpc) is 2.88. The van der Waals surface area contributed by atoms with Crippen molar-refractivity contribution in [3.05, 3.63) is 47.5 Å². The minimum Gasteiger partial charge on any atom is -0.466 e. The molecule has 1 aromatic rings. The smallest absolute Gasteiger partial charge is 0.330 e. The van der Waals surface area contributed by atoms with E-state index in [2.05, 4.69) is 0 Å². The summed E-state index contributed by atoms with van der Waals surface area (Å²) in [7, 11) is 8.49. The van der Waals surface area contributed by atoms with Gasteiger partial charge in [-0.25, -0.2) is 4.79 Å². The fourth-order valence-corrected chi connectivity index (χ4v) is 5.25. The van der Waals surface area contributed by atoms with Gasteiger partial charge in [-0.1, -0.05) is 56.1 Å². The van der Waals surface area contributed by atoms with Gasteiger partial charge in [0.25, 0.3) is 0 Å². The van der Waals surface area contributed by atoms with E-state index >= 15 is 0 Å². The highest BCUT2D eigenvalue weighted by Crippen LogP contribution is 2.45. The summed E-state index contributed by atoms with van der Waals surface area (Å²) in [5.74, 6) is -2.91. The predicted molar refractivity (Wildman–Crippen MR) is 148 cm³/mol. The number of carbonyl (C=O) groups excluding carboxylic acids is 2. The van der Waals surface area contributed by atoms with E-state index in [4.69, 9.17) is 36.6 Å². The number of methoxy groups -OCH3 is 2. The van der Waals surface area contributed by atoms with Gasteiger partial charge in [0.2, 0.25) is 18.7 Å². The Morgan fingerprint density at radius 1 is 1.41 bits per heavy atom. The molecule has 0 bridgehead atoms. The Bertz CT molecular complexity index is 939. The van der Waals surface area contributed by atoms with Crippen LogP contribution in [0.3, 0.4) is 0 Å². The lowest BCUT2D eigenvalue weighted by atomic mass is 9.76. The molecule has 0 spiro atoms. The van der Waals surface area contributed by atoms with Crippen LogP contribution in [0.15, 0.2) is 42.0 Å². The third-order valence-corrected chi connectivity index (χ3v) is 7.06. The van der Waals surface area contributed by atoms with Crippen LogP contribution in [-0.4, -0.2) is 79.3 Å². The molecule has 5 atom stereocenters. The monoisotopic (exact) mass is 551 g/mol. The standard InChI is InChI=1S/C25H36B2O8PS/c1-17(32-15-18-10-8-7-9-11-18)21(35-36(6)26)14-20-12-19(13-22(28)30-4)23(29)25(31-5,34-20)24(2,3)16-33-37-27/h7-11,13,17,20-21,27H,12,14-16H2,1-6H3/b19-13+/t17-,20?,21-,25?,36?/m1/s1/i27T. The summed E-state index contributed by atoms with van der Waals surface area (Å²) in [4.78, 5) is 25.8. The van der Waals surface area contributed by atoms with Crippen LogP contribution in [0, 0.1) is 5.41 Å². The molecule has 37 heavy (non-hydrogen) atoms. The molecular weight excluding hydrogens is 513 g/mol. The summed E-state index contributed by atoms with van der Waals surface area (Å²) in [6, 6.07) is 9.79. The molecule has 2 rings (SSSR count). The maximum atomic E-state index is 13.7. The van der Waals surface area contributed by atoms with Crippen molar-refractivity contribution in [1.29, 1.82) is 1.34 Å². The van der Waals surface area contributed by atoms with Crippen molar-refractivity contribution < 1.29 is 37.2 Å². The Labute approximate surface area is 229 Å². The summed E-state index contributed by atoms with van der Waals surface area (Å²) in [5.41, 5.74) is 0.237. The molecule has 1 saturated heterocycles. The third kappa shape index (κ3) is 8.65. The second-order valence-electron chi connectivity index (χ2n) is 9.46. The molecule has 12 heteroatoms. The highest BCUT2D eigenvalue weighted by Gasteiger charge is 2.58. The van der Waals surface area contributed by atoms with Crippen LogP contribution in [-0.2, 0) is 43.9 Å². The lowest BCUT2D eigenvalue weighted by molar-refractivity contribution is -0.291. The number of Topliss-reactive ketones (excluding diaryl/α,β-unsaturated/α-hetero) is 1. The quantitative estimate of drug-likeness (QED) is 0.0807. The maximum absolute atomic E-state index is 13.7. The molecule has 3 radical (unpaired) electrons. The molecule has 0 saturated carbocycles. The molecule has 0 aliphatic carbocycles. The highest BCUT2D eigenvalue weighted by atomic mass is 32.2. The summed E-state index contributed by atoms with van der Waals surface area (Å²) in [5, 5.41) is 0. The summed E-state index contributed by atoms with van der Waals surface area (Å²) in [6.45, 7) is 7.65. The Balaban J connectivity index is 2.35. The van der Waals surface area contributed by atoms with Gasteiger partial charge in [0, 0.05) is 31.6 Å². The van der Waals surface area contributed by atoms with Crippen molar-refractivity contribution >= 4 is 46.3 Å². The topological polar surface area (TPSA) is 89.5 Å². The Kier molecular flexibility index (Phi) is 12.2. The van der Waals surface area contributed by atoms with E-state index in [0.717, 1.165) is 24.5 Å². The molecule has 8 nitrogen and oxygen atoms in total. The van der Waals surface area contributed by atoms with Crippen LogP contribution < -0.4 is 0 Å². The van der Waals surface area contributed by atoms with Crippen molar-refractivity contribution in [2.45, 2.75) is 64.3 Å². The first kappa shape index (κ1) is 30.4. The number of carbonyl (C=O) groups is 2. The second kappa shape index (κ2) is 14.8. The number of rotatable bonds is 15. The maximum Gasteiger partial charge on any atom is 0.330 e. The van der Waals surface area contributed by atoms with E-state index in [0.29, 0.717) is 13.0 Å². The lowest BCUT2D eigenvalue weighted by Gasteiger charge is -2.48. The number of ether oxygens (including phenoxy) is 4. The summed E-state index contributed by atoms with van der Waals surface area (Å²) < 4.78 is 41.9. The first-order valence-electron chi connectivity index (χ1n) is 12.4. The van der Waals surface area contributed by atoms with Gasteiger partial charge >= 0.3 is 5.97 Å². The van der Waals surface area contributed by atoms with Crippen molar-refractivity contribution in [1.82, 2.24) is 0 Å². The molecule has 0 aromatic heterocycles. The largest absolute Gasteiger partial charge is 0.466 e. The normalized spacial score (nSPS) is 24.3. The highest BCUT2D eigenvalue weighted by molar-refractivity contribution is 8.15. The number of esters is 1. The Morgan fingerprint density at radius 2 is 2.11 bits per heavy atom. The molecule has 0 N–H and O–H groups in total. The van der Waals surface area contributed by atoms with Crippen molar-refractivity contribution in [3.8, 4) is 0 Å². The van der Waals surface area contributed by atoms with Crippen LogP contribution in [0.1, 0.15) is 39.2 Å². The van der Waals surface area contributed by atoms with Gasteiger partial charge in [-0.15, -0.1) is 0 Å². The first-order chi connectivity index (χ1) is 18.0. The fraction of sp³-hybridized carbons (Fsp3) is 0.600. The predicted octanol–water partition coefficient (Wildman–Crippen LogP) is 3.78. The third-order valence-electron chi connectivity index (χ3n) is 6.21. The molecule has 3 unspecified atom stereocenters. The van der Waals surface area contributed by atoms with Crippen molar-refractivity contribution in [2.24, 2.45) is 5.41 Å². The average molecular weight is 551 g/mol. The SMILES string of the molecule is [3H][B]SOCC(C)(C)C1(OC)OC(C[C@@H](OP([B])C)[C@@H](C)OCc2ccccc2)C/C(=C\C(=O)OC)C1=O. The molecule has 1 aromatic carbocycles. The molecule has 1 aliphatic rings. The second-order valence-corrected chi connectivity index (χ2v) is 11.2. The van der Waals surface area contributed by atoms with Crippen molar-refractivity contribution in [3.63, 3.8) is 0 Å². The minimum atomic E-state index is -1.77. The van der Waals surface area contributed by atoms with Gasteiger partial charge in [-0.3, -0.25) is 4.79 Å². The van der Waals surface area contributed by atoms with E-state index in [1.165, 1.54) is 20.3 Å². The summed E-state index contributed by atoms with van der Waals surface area (Å²) in [6.07, 6.45) is 0.248. The van der Waals surface area contributed by atoms with E-state index in [9.17, 15) is 9.59 Å². The van der Waals surface area contributed by atoms with Gasteiger partial charge in [0.1, 0.15) is 7.57 Å². The molecular formula is C25H36B2O8PS. The number of ketones is 1. The van der Waals surface area contributed by atoms with Crippen LogP contribution in [0.4, 0.5) is 0 Å². The first-order valence-corrected chi connectivity index (χ1v) is 14.4. The van der Waals surface area contributed by atoms with Gasteiger partial charge in [-0.05, 0) is 28.5 Å². The Morgan fingerprint density at radius 3 is 2.70 bits per heavy atom. The van der Waals surface area contributed by atoms with Crippen LogP contribution in [0.25, 0.3) is 0 Å². The molecule has 1 fully saturated rings. The number of hydrogen-bond donors (Lipinski definition) is 0. The summed E-state index contributed by atoms with van der Waals surface area (Å²) >= 11 is 0.832. The lowest BCUT2D eigenvalue weighted by Crippen LogP contribution is -2.61. The van der Waals surface area contributed by atoms with E-state index in [1.807, 2.05) is 37.3 Å². The van der Waals surface area contributed by atoms with E-state index in [-0.39, 0.29) is 24.7 Å². The Hall–Kier alpha value is -1.19. The molecule has 0 amide bonds. The zero-order valence-electron chi connectivity index (χ0n) is 23.3. The van der Waals surface area contributed by atoms with E-state index in [1.54, 1.807) is 20.5 Å². The van der Waals surface area contributed by atoms with Crippen LogP contribution in [0.2, 0.25) is 0 Å². The van der Waals surface area contributed by atoms with Gasteiger partial charge < -0.3 is 27.7 Å². The zero-order chi connectivity index (χ0) is 28.3. The molecule has 201 valence electrons. The van der Waals surface area contributed by atoms with Gasteiger partial charge in [-0.2, -0.15) is 0 Å². The molecule has 1 heterocycles. The van der Waals surface area contributed by atoms with Gasteiger partial charge in [0.15, 0.2) is 0 Å². The van der Waals surface area contributed by atoms with Gasteiger partial charge in [0.05, 0.1) is 44.1 Å². The van der Waals surface area contributed by atoms with Crippen LogP contribution in [0.5, 0.6) is 0 Å².